The second-order valence-corrected chi connectivity index (χ2v) is 9.44. The molecule has 5 aromatic carbocycles. The average Bonchev–Trinajstić information content (AvgIpc) is 3.00. The van der Waals surface area contributed by atoms with Gasteiger partial charge in [0, 0.05) is 5.92 Å². The van der Waals surface area contributed by atoms with Gasteiger partial charge >= 0.3 is 5.97 Å². The van der Waals surface area contributed by atoms with Crippen molar-refractivity contribution in [3.8, 4) is 0 Å². The summed E-state index contributed by atoms with van der Waals surface area (Å²) in [4.78, 5) is 27.7. The molecule has 0 heterocycles. The second kappa shape index (κ2) is 11.6. The first-order valence-corrected chi connectivity index (χ1v) is 12.9. The fraction of sp³-hybridized carbons (Fsp3) is 0.0857. The Morgan fingerprint density at radius 3 is 1.13 bits per heavy atom. The number of aliphatic carboxylic acids is 1. The summed E-state index contributed by atoms with van der Waals surface area (Å²) in [5.41, 5.74) is 2.58. The summed E-state index contributed by atoms with van der Waals surface area (Å²) in [6.45, 7) is 0. The first kappa shape index (κ1) is 25.7. The topological polar surface area (TPSA) is 66.4 Å². The molecule has 0 fully saturated rings. The number of amides is 1. The van der Waals surface area contributed by atoms with Gasteiger partial charge in [-0.25, -0.2) is 4.79 Å². The van der Waals surface area contributed by atoms with Crippen LogP contribution in [-0.2, 0) is 15.0 Å². The van der Waals surface area contributed by atoms with Crippen molar-refractivity contribution in [1.29, 1.82) is 0 Å². The summed E-state index contributed by atoms with van der Waals surface area (Å²) >= 11 is 0. The molecule has 0 aliphatic rings. The second-order valence-electron chi connectivity index (χ2n) is 9.44. The maximum absolute atomic E-state index is 14.8. The van der Waals surface area contributed by atoms with E-state index in [1.165, 1.54) is 0 Å². The monoisotopic (exact) mass is 511 g/mol. The third kappa shape index (κ3) is 5.10. The van der Waals surface area contributed by atoms with Crippen molar-refractivity contribution in [2.75, 3.05) is 0 Å². The van der Waals surface area contributed by atoms with Gasteiger partial charge in [-0.05, 0) is 27.8 Å². The van der Waals surface area contributed by atoms with Crippen LogP contribution in [0.3, 0.4) is 0 Å². The van der Waals surface area contributed by atoms with E-state index >= 15 is 0 Å². The fourth-order valence-electron chi connectivity index (χ4n) is 5.39. The Labute approximate surface area is 228 Å². The summed E-state index contributed by atoms with van der Waals surface area (Å²) in [6, 6.07) is 46.3. The molecule has 192 valence electrons. The van der Waals surface area contributed by atoms with Crippen molar-refractivity contribution in [2.45, 2.75) is 17.4 Å². The zero-order valence-corrected chi connectivity index (χ0v) is 21.4. The third-order valence-electron chi connectivity index (χ3n) is 7.16. The van der Waals surface area contributed by atoms with E-state index in [-0.39, 0.29) is 0 Å². The number of carboxylic acids is 1. The highest BCUT2D eigenvalue weighted by atomic mass is 16.4. The highest BCUT2D eigenvalue weighted by Crippen LogP contribution is 2.40. The Morgan fingerprint density at radius 1 is 0.513 bits per heavy atom. The molecule has 0 bridgehead atoms. The van der Waals surface area contributed by atoms with E-state index in [4.69, 9.17) is 0 Å². The minimum absolute atomic E-state index is 0.407. The quantitative estimate of drug-likeness (QED) is 0.224. The predicted octanol–water partition coefficient (Wildman–Crippen LogP) is 6.42. The highest BCUT2D eigenvalue weighted by molar-refractivity contribution is 5.98. The SMILES string of the molecule is O=C(O)[C@@H](NC(=O)C(c1ccccc1)(c1ccccc1)c1ccccc1)C(c1ccccc1)c1ccccc1. The number of carbonyl (C=O) groups is 2. The van der Waals surface area contributed by atoms with Gasteiger partial charge in [-0.15, -0.1) is 0 Å². The van der Waals surface area contributed by atoms with Crippen molar-refractivity contribution in [3.63, 3.8) is 0 Å². The van der Waals surface area contributed by atoms with Crippen molar-refractivity contribution in [1.82, 2.24) is 5.32 Å². The van der Waals surface area contributed by atoms with Crippen LogP contribution in [-0.4, -0.2) is 23.0 Å². The van der Waals surface area contributed by atoms with Gasteiger partial charge in [0.2, 0.25) is 5.91 Å². The van der Waals surface area contributed by atoms with Crippen molar-refractivity contribution >= 4 is 11.9 Å². The molecular weight excluding hydrogens is 482 g/mol. The molecule has 0 saturated heterocycles. The van der Waals surface area contributed by atoms with Crippen LogP contribution in [0.15, 0.2) is 152 Å². The molecule has 1 amide bonds. The van der Waals surface area contributed by atoms with Crippen LogP contribution < -0.4 is 5.32 Å². The molecule has 5 rings (SSSR count). The van der Waals surface area contributed by atoms with Gasteiger partial charge in [-0.3, -0.25) is 4.79 Å². The highest BCUT2D eigenvalue weighted by Gasteiger charge is 2.46. The van der Waals surface area contributed by atoms with E-state index in [0.29, 0.717) is 0 Å². The molecule has 0 unspecified atom stereocenters. The minimum Gasteiger partial charge on any atom is -0.480 e. The lowest BCUT2D eigenvalue weighted by molar-refractivity contribution is -0.142. The normalized spacial score (nSPS) is 12.0. The van der Waals surface area contributed by atoms with Gasteiger partial charge < -0.3 is 10.4 Å². The van der Waals surface area contributed by atoms with Crippen molar-refractivity contribution < 1.29 is 14.7 Å². The molecule has 1 atom stereocenters. The van der Waals surface area contributed by atoms with Crippen LogP contribution in [0.5, 0.6) is 0 Å². The number of benzene rings is 5. The third-order valence-corrected chi connectivity index (χ3v) is 7.16. The van der Waals surface area contributed by atoms with E-state index in [0.717, 1.165) is 27.8 Å². The van der Waals surface area contributed by atoms with Crippen LogP contribution in [0, 0.1) is 0 Å². The van der Waals surface area contributed by atoms with E-state index in [2.05, 4.69) is 5.32 Å². The molecule has 0 aliphatic heterocycles. The van der Waals surface area contributed by atoms with E-state index in [1.54, 1.807) is 0 Å². The summed E-state index contributed by atoms with van der Waals surface area (Å²) in [5, 5.41) is 13.6. The Kier molecular flexibility index (Phi) is 7.65. The predicted molar refractivity (Wildman–Crippen MR) is 154 cm³/mol. The van der Waals surface area contributed by atoms with Gasteiger partial charge in [-0.1, -0.05) is 152 Å². The van der Waals surface area contributed by atoms with Gasteiger partial charge in [0.05, 0.1) is 0 Å². The summed E-state index contributed by atoms with van der Waals surface area (Å²) in [7, 11) is 0. The van der Waals surface area contributed by atoms with Gasteiger partial charge in [0.25, 0.3) is 0 Å². The standard InChI is InChI=1S/C35H29NO3/c37-33(38)32(31(26-16-6-1-7-17-26)27-18-8-2-9-19-27)36-34(39)35(28-20-10-3-11-21-28,29-22-12-4-13-23-29)30-24-14-5-15-25-30/h1-25,31-32H,(H,36,39)(H,37,38)/t32-/m0/s1. The number of hydrogen-bond donors (Lipinski definition) is 2. The molecule has 0 spiro atoms. The maximum atomic E-state index is 14.8. The molecule has 0 aromatic heterocycles. The van der Waals surface area contributed by atoms with Crippen LogP contribution in [0.25, 0.3) is 0 Å². The summed E-state index contributed by atoms with van der Waals surface area (Å²) in [6.07, 6.45) is 0. The van der Waals surface area contributed by atoms with Gasteiger partial charge in [0.1, 0.15) is 11.5 Å². The summed E-state index contributed by atoms with van der Waals surface area (Å²) in [5.74, 6) is -2.12. The largest absolute Gasteiger partial charge is 0.480 e. The van der Waals surface area contributed by atoms with Crippen LogP contribution in [0.4, 0.5) is 0 Å². The van der Waals surface area contributed by atoms with Crippen LogP contribution in [0.2, 0.25) is 0 Å². The Hall–Kier alpha value is -4.96. The maximum Gasteiger partial charge on any atom is 0.327 e. The molecular formula is C35H29NO3. The molecule has 5 aromatic rings. The molecule has 0 aliphatic carbocycles. The van der Waals surface area contributed by atoms with Crippen molar-refractivity contribution in [3.05, 3.63) is 179 Å². The van der Waals surface area contributed by atoms with E-state index in [9.17, 15) is 14.7 Å². The van der Waals surface area contributed by atoms with E-state index < -0.39 is 29.3 Å². The lowest BCUT2D eigenvalue weighted by Crippen LogP contribution is -2.53. The number of carboxylic acid groups (broad SMARTS) is 1. The van der Waals surface area contributed by atoms with Gasteiger partial charge in [-0.2, -0.15) is 0 Å². The molecule has 0 radical (unpaired) electrons. The van der Waals surface area contributed by atoms with Crippen LogP contribution in [0.1, 0.15) is 33.7 Å². The Morgan fingerprint density at radius 2 is 0.821 bits per heavy atom. The zero-order valence-electron chi connectivity index (χ0n) is 21.4. The molecule has 0 saturated carbocycles. The van der Waals surface area contributed by atoms with Crippen molar-refractivity contribution in [2.24, 2.45) is 0 Å². The number of rotatable bonds is 9. The average molecular weight is 512 g/mol. The smallest absolute Gasteiger partial charge is 0.327 e. The number of nitrogens with one attached hydrogen (secondary N) is 1. The molecule has 39 heavy (non-hydrogen) atoms. The molecule has 4 nitrogen and oxygen atoms in total. The number of carbonyl (C=O) groups excluding carboxylic acids is 1. The molecule has 4 heteroatoms. The first-order chi connectivity index (χ1) is 19.1. The Bertz CT molecular complexity index is 1370. The first-order valence-electron chi connectivity index (χ1n) is 12.9. The number of hydrogen-bond acceptors (Lipinski definition) is 2. The van der Waals surface area contributed by atoms with Gasteiger partial charge in [0.15, 0.2) is 0 Å². The Balaban J connectivity index is 1.70. The minimum atomic E-state index is -1.28. The van der Waals surface area contributed by atoms with E-state index in [1.807, 2.05) is 152 Å². The zero-order chi connectivity index (χ0) is 27.1. The summed E-state index contributed by atoms with van der Waals surface area (Å²) < 4.78 is 0. The van der Waals surface area contributed by atoms with Crippen LogP contribution >= 0.6 is 0 Å². The lowest BCUT2D eigenvalue weighted by atomic mass is 9.68. The fourth-order valence-corrected chi connectivity index (χ4v) is 5.39. The molecule has 2 N–H and O–H groups in total. The lowest BCUT2D eigenvalue weighted by Gasteiger charge is -2.36.